The van der Waals surface area contributed by atoms with Crippen LogP contribution >= 0.6 is 0 Å². The molecule has 0 fully saturated rings. The fourth-order valence-electron chi connectivity index (χ4n) is 2.40. The first kappa shape index (κ1) is 29.1. The molecule has 2 unspecified atom stereocenters. The minimum absolute atomic E-state index is 0.424. The van der Waals surface area contributed by atoms with Crippen LogP contribution in [0.15, 0.2) is 36.4 Å². The lowest BCUT2D eigenvalue weighted by atomic mass is 10.0. The Balaban J connectivity index is 2.63. The summed E-state index contributed by atoms with van der Waals surface area (Å²) in [6.45, 7) is 0. The molecule has 2 aromatic carbocycles. The van der Waals surface area contributed by atoms with Crippen LogP contribution in [0.3, 0.4) is 0 Å². The molecule has 0 aliphatic carbocycles. The van der Waals surface area contributed by atoms with Gasteiger partial charge in [0.2, 0.25) is 0 Å². The predicted molar refractivity (Wildman–Crippen MR) is 105 cm³/mol. The van der Waals surface area contributed by atoms with Crippen LogP contribution in [0.5, 0.6) is 11.5 Å². The molecule has 202 valence electrons. The first-order valence-corrected chi connectivity index (χ1v) is 11.5. The van der Waals surface area contributed by atoms with Crippen molar-refractivity contribution in [1.82, 2.24) is 0 Å². The number of hydrogen-bond acceptors (Lipinski definition) is 8. The summed E-state index contributed by atoms with van der Waals surface area (Å²) in [4.78, 5) is 0. The normalized spacial score (nSPS) is 16.6. The van der Waals surface area contributed by atoms with Crippen LogP contribution in [0.2, 0.25) is 0 Å². The Morgan fingerprint density at radius 3 is 1.11 bits per heavy atom. The second-order valence-corrected chi connectivity index (χ2v) is 9.68. The van der Waals surface area contributed by atoms with Gasteiger partial charge < -0.3 is 20.9 Å². The van der Waals surface area contributed by atoms with Crippen molar-refractivity contribution in [2.45, 2.75) is 22.7 Å². The molecule has 20 heteroatoms. The number of anilines is 2. The van der Waals surface area contributed by atoms with Gasteiger partial charge in [0, 0.05) is 0 Å². The van der Waals surface area contributed by atoms with Gasteiger partial charge >= 0.3 is 43.0 Å². The molecule has 2 rings (SSSR count). The highest BCUT2D eigenvalue weighted by Gasteiger charge is 2.70. The molecule has 0 aliphatic rings. The first-order valence-electron chi connectivity index (χ1n) is 8.57. The number of benzene rings is 2. The summed E-state index contributed by atoms with van der Waals surface area (Å²) in [7, 11) is -13.2. The standard InChI is InChI=1S/C16H12F8N2O8S2/c17-13(18,19)15(23,35(27,28)29)33-11-5-7(1-3-9(11)25)8-2-4-10(26)12(6-8)34-16(24,14(20,21)22)36(30,31)32/h1-6H,25-26H2,(H,27,28,29)(H,30,31,32). The summed E-state index contributed by atoms with van der Waals surface area (Å²) < 4.78 is 175. The first-order chi connectivity index (χ1) is 15.9. The number of halogens is 8. The van der Waals surface area contributed by atoms with E-state index in [1.807, 2.05) is 0 Å². The third-order valence-electron chi connectivity index (χ3n) is 4.18. The van der Waals surface area contributed by atoms with Crippen LogP contribution in [-0.2, 0) is 20.2 Å². The van der Waals surface area contributed by atoms with Gasteiger partial charge in [-0.3, -0.25) is 9.11 Å². The largest absolute Gasteiger partial charge is 0.479 e. The third kappa shape index (κ3) is 5.20. The van der Waals surface area contributed by atoms with Gasteiger partial charge in [-0.15, -0.1) is 0 Å². The summed E-state index contributed by atoms with van der Waals surface area (Å²) in [6, 6.07) is 4.16. The van der Waals surface area contributed by atoms with Gasteiger partial charge in [0.15, 0.2) is 0 Å². The molecule has 0 aromatic heterocycles. The molecule has 0 heterocycles. The fraction of sp³-hybridized carbons (Fsp3) is 0.250. The number of alkyl halides is 8. The highest BCUT2D eigenvalue weighted by Crippen LogP contribution is 2.44. The summed E-state index contributed by atoms with van der Waals surface area (Å²) in [5.41, 5.74) is 8.22. The minimum Gasteiger partial charge on any atom is -0.435 e. The maximum Gasteiger partial charge on any atom is 0.479 e. The summed E-state index contributed by atoms with van der Waals surface area (Å²) >= 11 is 0. The van der Waals surface area contributed by atoms with Crippen LogP contribution < -0.4 is 20.9 Å². The predicted octanol–water partition coefficient (Wildman–Crippen LogP) is 3.42. The molecule has 2 atom stereocenters. The van der Waals surface area contributed by atoms with Gasteiger partial charge in [-0.1, -0.05) is 12.1 Å². The molecule has 0 saturated carbocycles. The fourth-order valence-corrected chi connectivity index (χ4v) is 3.38. The van der Waals surface area contributed by atoms with E-state index in [4.69, 9.17) is 20.6 Å². The molecule has 2 aromatic rings. The summed E-state index contributed by atoms with van der Waals surface area (Å²) in [5, 5.41) is -11.4. The van der Waals surface area contributed by atoms with E-state index in [-0.39, 0.29) is 0 Å². The Morgan fingerprint density at radius 1 is 0.611 bits per heavy atom. The van der Waals surface area contributed by atoms with E-state index in [1.165, 1.54) is 0 Å². The Hall–Kier alpha value is -3.10. The van der Waals surface area contributed by atoms with E-state index in [9.17, 15) is 52.0 Å². The van der Waals surface area contributed by atoms with Gasteiger partial charge in [0.05, 0.1) is 11.4 Å². The van der Waals surface area contributed by atoms with Crippen molar-refractivity contribution in [3.63, 3.8) is 0 Å². The number of rotatable bonds is 7. The zero-order chi connectivity index (χ0) is 28.1. The third-order valence-corrected chi connectivity index (χ3v) is 6.14. The number of nitrogen functional groups attached to an aromatic ring is 2. The topological polar surface area (TPSA) is 179 Å². The zero-order valence-electron chi connectivity index (χ0n) is 16.8. The minimum atomic E-state index is -6.61. The number of nitrogens with two attached hydrogens (primary N) is 2. The van der Waals surface area contributed by atoms with Crippen LogP contribution in [-0.4, -0.2) is 48.7 Å². The molecule has 0 radical (unpaired) electrons. The highest BCUT2D eigenvalue weighted by atomic mass is 32.2. The molecule has 0 amide bonds. The molecule has 0 aliphatic heterocycles. The van der Waals surface area contributed by atoms with Crippen LogP contribution in [0.4, 0.5) is 46.5 Å². The lowest BCUT2D eigenvalue weighted by Crippen LogP contribution is -2.52. The smallest absolute Gasteiger partial charge is 0.435 e. The van der Waals surface area contributed by atoms with E-state index in [2.05, 4.69) is 9.47 Å². The summed E-state index contributed by atoms with van der Waals surface area (Å²) in [5.74, 6) is -2.67. The van der Waals surface area contributed by atoms with Crippen molar-refractivity contribution in [2.24, 2.45) is 0 Å². The van der Waals surface area contributed by atoms with Crippen molar-refractivity contribution in [3.05, 3.63) is 36.4 Å². The van der Waals surface area contributed by atoms with E-state index < -0.39 is 77.0 Å². The van der Waals surface area contributed by atoms with E-state index in [0.29, 0.717) is 12.1 Å². The second kappa shape index (κ2) is 8.78. The molecule has 10 nitrogen and oxygen atoms in total. The number of ether oxygens (including phenoxy) is 2. The van der Waals surface area contributed by atoms with E-state index in [0.717, 1.165) is 24.3 Å². The summed E-state index contributed by atoms with van der Waals surface area (Å²) in [6.07, 6.45) is -12.7. The quantitative estimate of drug-likeness (QED) is 0.217. The van der Waals surface area contributed by atoms with Gasteiger partial charge in [0.25, 0.3) is 0 Å². The average Bonchev–Trinajstić information content (AvgIpc) is 2.67. The van der Waals surface area contributed by atoms with E-state index in [1.54, 1.807) is 0 Å². The maximum absolute atomic E-state index is 14.2. The van der Waals surface area contributed by atoms with Gasteiger partial charge in [-0.25, -0.2) is 0 Å². The second-order valence-electron chi connectivity index (χ2n) is 6.73. The zero-order valence-corrected chi connectivity index (χ0v) is 18.4. The average molecular weight is 576 g/mol. The molecule has 0 saturated heterocycles. The molecular weight excluding hydrogens is 564 g/mol. The van der Waals surface area contributed by atoms with Crippen molar-refractivity contribution >= 4 is 31.6 Å². The lowest BCUT2D eigenvalue weighted by molar-refractivity contribution is -0.262. The van der Waals surface area contributed by atoms with Crippen LogP contribution in [0, 0.1) is 0 Å². The lowest BCUT2D eigenvalue weighted by Gasteiger charge is -2.26. The molecule has 36 heavy (non-hydrogen) atoms. The van der Waals surface area contributed by atoms with Crippen molar-refractivity contribution in [2.75, 3.05) is 11.5 Å². The Bertz CT molecular complexity index is 1280. The van der Waals surface area contributed by atoms with Gasteiger partial charge in [0.1, 0.15) is 11.5 Å². The molecule has 0 bridgehead atoms. The Morgan fingerprint density at radius 2 is 0.889 bits per heavy atom. The Labute approximate surface area is 195 Å². The maximum atomic E-state index is 14.2. The van der Waals surface area contributed by atoms with Crippen molar-refractivity contribution in [1.29, 1.82) is 0 Å². The monoisotopic (exact) mass is 576 g/mol. The van der Waals surface area contributed by atoms with E-state index >= 15 is 0 Å². The van der Waals surface area contributed by atoms with Gasteiger partial charge in [-0.05, 0) is 35.4 Å². The van der Waals surface area contributed by atoms with Crippen LogP contribution in [0.1, 0.15) is 0 Å². The molecule has 0 spiro atoms. The molecule has 6 N–H and O–H groups in total. The van der Waals surface area contributed by atoms with Crippen LogP contribution in [0.25, 0.3) is 11.1 Å². The van der Waals surface area contributed by atoms with Crippen molar-refractivity contribution < 1.29 is 70.5 Å². The van der Waals surface area contributed by atoms with Gasteiger partial charge in [-0.2, -0.15) is 52.0 Å². The number of hydrogen-bond donors (Lipinski definition) is 4. The highest BCUT2D eigenvalue weighted by molar-refractivity contribution is 7.87. The van der Waals surface area contributed by atoms with Crippen molar-refractivity contribution in [3.8, 4) is 22.6 Å². The SMILES string of the molecule is Nc1ccc(-c2ccc(N)c(OC(F)(C(F)(F)F)S(=O)(=O)O)c2)cc1OC(F)(C(F)(F)F)S(=O)(=O)O. The Kier molecular flexibility index (Phi) is 7.10. The molecular formula is C16H12F8N2O8S2.